The fraction of sp³-hybridized carbons (Fsp3) is 0.800. The molecule has 10 heavy (non-hydrogen) atoms. The Bertz CT molecular complexity index is 121. The van der Waals surface area contributed by atoms with Gasteiger partial charge in [-0.05, 0) is 13.8 Å². The lowest BCUT2D eigenvalue weighted by atomic mass is 10.1. The monoisotopic (exact) mass is 200 g/mol. The van der Waals surface area contributed by atoms with Crippen molar-refractivity contribution in [1.82, 2.24) is 0 Å². The minimum Gasteiger partial charge on any atom is -1.00 e. The second-order valence-corrected chi connectivity index (χ2v) is 4.23. The molecule has 0 amide bonds. The van der Waals surface area contributed by atoms with E-state index in [0.717, 1.165) is 0 Å². The van der Waals surface area contributed by atoms with Crippen molar-refractivity contribution in [3.05, 3.63) is 0 Å². The van der Waals surface area contributed by atoms with Crippen LogP contribution in [-0.2, 0) is 0 Å². The van der Waals surface area contributed by atoms with Crippen LogP contribution in [0.1, 0.15) is 13.8 Å². The van der Waals surface area contributed by atoms with Crippen molar-refractivity contribution in [2.75, 3.05) is 0 Å². The molecule has 0 aliphatic rings. The molecule has 62 valence electrons. The van der Waals surface area contributed by atoms with Gasteiger partial charge in [-0.1, -0.05) is 12.2 Å². The van der Waals surface area contributed by atoms with Gasteiger partial charge < -0.3 is 23.9 Å². The van der Waals surface area contributed by atoms with Crippen molar-refractivity contribution < 1.29 is 18.1 Å². The SMILES string of the molecule is CC(C)(S)C([NH3+])C(N)=S.[Cl-]. The molecular formula is C5H13ClN2S2. The summed E-state index contributed by atoms with van der Waals surface area (Å²) in [7, 11) is 0. The molecule has 0 saturated heterocycles. The van der Waals surface area contributed by atoms with Crippen molar-refractivity contribution in [2.24, 2.45) is 5.73 Å². The van der Waals surface area contributed by atoms with Crippen LogP contribution in [0.3, 0.4) is 0 Å². The predicted octanol–water partition coefficient (Wildman–Crippen LogP) is -3.40. The van der Waals surface area contributed by atoms with E-state index in [9.17, 15) is 0 Å². The summed E-state index contributed by atoms with van der Waals surface area (Å²) in [6, 6.07) is -0.0594. The highest BCUT2D eigenvalue weighted by Gasteiger charge is 2.27. The summed E-state index contributed by atoms with van der Waals surface area (Å²) in [6.45, 7) is 3.87. The number of nitrogens with two attached hydrogens (primary N) is 1. The molecule has 0 aromatic heterocycles. The highest BCUT2D eigenvalue weighted by atomic mass is 35.5. The van der Waals surface area contributed by atoms with Crippen molar-refractivity contribution in [2.45, 2.75) is 24.6 Å². The van der Waals surface area contributed by atoms with E-state index >= 15 is 0 Å². The summed E-state index contributed by atoms with van der Waals surface area (Å²) < 4.78 is -0.203. The fourth-order valence-electron chi connectivity index (χ4n) is 0.348. The Morgan fingerprint density at radius 1 is 1.70 bits per heavy atom. The van der Waals surface area contributed by atoms with E-state index in [0.29, 0.717) is 4.99 Å². The Morgan fingerprint density at radius 3 is 2.00 bits per heavy atom. The number of quaternary nitrogens is 1. The zero-order chi connectivity index (χ0) is 7.65. The van der Waals surface area contributed by atoms with Gasteiger partial charge in [-0.25, -0.2) is 0 Å². The minimum absolute atomic E-state index is 0. The van der Waals surface area contributed by atoms with E-state index in [-0.39, 0.29) is 23.2 Å². The number of thiol groups is 1. The molecule has 2 nitrogen and oxygen atoms in total. The highest BCUT2D eigenvalue weighted by Crippen LogP contribution is 2.14. The van der Waals surface area contributed by atoms with Crippen molar-refractivity contribution in [3.8, 4) is 0 Å². The second kappa shape index (κ2) is 4.38. The van der Waals surface area contributed by atoms with Gasteiger partial charge in [0.2, 0.25) is 0 Å². The first-order chi connectivity index (χ1) is 3.85. The molecule has 1 unspecified atom stereocenters. The average molecular weight is 201 g/mol. The molecule has 0 saturated carbocycles. The molecule has 0 rings (SSSR count). The quantitative estimate of drug-likeness (QED) is 0.322. The Balaban J connectivity index is 0. The third-order valence-corrected chi connectivity index (χ3v) is 1.79. The maximum atomic E-state index is 5.34. The maximum Gasteiger partial charge on any atom is 0.149 e. The zero-order valence-electron chi connectivity index (χ0n) is 6.10. The summed E-state index contributed by atoms with van der Waals surface area (Å²) in [4.78, 5) is 0.426. The van der Waals surface area contributed by atoms with Gasteiger partial charge in [-0.3, -0.25) is 0 Å². The van der Waals surface area contributed by atoms with Gasteiger partial charge in [0.25, 0.3) is 0 Å². The van der Waals surface area contributed by atoms with Crippen LogP contribution in [-0.4, -0.2) is 15.8 Å². The second-order valence-electron chi connectivity index (χ2n) is 2.61. The van der Waals surface area contributed by atoms with E-state index in [4.69, 9.17) is 18.0 Å². The van der Waals surface area contributed by atoms with Crippen LogP contribution < -0.4 is 23.9 Å². The average Bonchev–Trinajstić information content (AvgIpc) is 1.62. The zero-order valence-corrected chi connectivity index (χ0v) is 8.56. The lowest BCUT2D eigenvalue weighted by Gasteiger charge is -2.20. The highest BCUT2D eigenvalue weighted by molar-refractivity contribution is 7.82. The van der Waals surface area contributed by atoms with Crippen molar-refractivity contribution in [1.29, 1.82) is 0 Å². The lowest BCUT2D eigenvalue weighted by Crippen LogP contribution is -3.00. The topological polar surface area (TPSA) is 53.7 Å². The van der Waals surface area contributed by atoms with Crippen LogP contribution in [0.25, 0.3) is 0 Å². The largest absolute Gasteiger partial charge is 1.00 e. The molecule has 0 fully saturated rings. The third kappa shape index (κ3) is 4.33. The molecular weight excluding hydrogens is 188 g/mol. The van der Waals surface area contributed by atoms with Gasteiger partial charge in [0.1, 0.15) is 11.0 Å². The lowest BCUT2D eigenvalue weighted by molar-refractivity contribution is -0.400. The normalized spacial score (nSPS) is 13.6. The van der Waals surface area contributed by atoms with Crippen LogP contribution in [0.4, 0.5) is 0 Å². The molecule has 0 radical (unpaired) electrons. The molecule has 1 atom stereocenters. The summed E-state index contributed by atoms with van der Waals surface area (Å²) in [6.07, 6.45) is 0. The number of hydrogen-bond acceptors (Lipinski definition) is 2. The standard InChI is InChI=1S/C5H12N2S2.ClH/c1-5(2,9)3(6)4(7)8;/h3,9H,6H2,1-2H3,(H2,7,8);1H. The van der Waals surface area contributed by atoms with Gasteiger partial charge in [0.15, 0.2) is 0 Å². The van der Waals surface area contributed by atoms with Crippen molar-refractivity contribution >= 4 is 29.8 Å². The van der Waals surface area contributed by atoms with E-state index in [1.165, 1.54) is 0 Å². The van der Waals surface area contributed by atoms with Crippen LogP contribution in [0.2, 0.25) is 0 Å². The van der Waals surface area contributed by atoms with Gasteiger partial charge >= 0.3 is 0 Å². The Morgan fingerprint density at radius 2 is 2.00 bits per heavy atom. The van der Waals surface area contributed by atoms with Crippen molar-refractivity contribution in [3.63, 3.8) is 0 Å². The van der Waals surface area contributed by atoms with Crippen LogP contribution in [0, 0.1) is 0 Å². The molecule has 0 aliphatic heterocycles. The van der Waals surface area contributed by atoms with Gasteiger partial charge in [-0.2, -0.15) is 12.6 Å². The Labute approximate surface area is 78.5 Å². The van der Waals surface area contributed by atoms with Crippen LogP contribution >= 0.6 is 24.8 Å². The first kappa shape index (κ1) is 13.1. The number of halogens is 1. The van der Waals surface area contributed by atoms with Crippen LogP contribution in [0.15, 0.2) is 0 Å². The fourth-order valence-corrected chi connectivity index (χ4v) is 0.869. The molecule has 0 bridgehead atoms. The first-order valence-electron chi connectivity index (χ1n) is 2.70. The van der Waals surface area contributed by atoms with E-state index in [2.05, 4.69) is 18.4 Å². The minimum atomic E-state index is -0.203. The Hall–Kier alpha value is 0.490. The van der Waals surface area contributed by atoms with Gasteiger partial charge in [0.05, 0.1) is 4.75 Å². The van der Waals surface area contributed by atoms with E-state index < -0.39 is 0 Å². The van der Waals surface area contributed by atoms with E-state index in [1.807, 2.05) is 13.8 Å². The molecule has 0 aromatic rings. The smallest absolute Gasteiger partial charge is 0.149 e. The summed E-state index contributed by atoms with van der Waals surface area (Å²) in [5, 5.41) is 0. The molecule has 0 spiro atoms. The molecule has 0 aromatic carbocycles. The Kier molecular flexibility index (Phi) is 5.75. The van der Waals surface area contributed by atoms with Gasteiger partial charge in [-0.15, -0.1) is 0 Å². The third-order valence-electron chi connectivity index (χ3n) is 1.20. The maximum absolute atomic E-state index is 5.34. The molecule has 0 aliphatic carbocycles. The molecule has 5 N–H and O–H groups in total. The number of rotatable bonds is 2. The number of thiocarbonyl (C=S) groups is 1. The summed E-state index contributed by atoms with van der Waals surface area (Å²) >= 11 is 8.99. The summed E-state index contributed by atoms with van der Waals surface area (Å²) in [5.41, 5.74) is 9.11. The number of hydrogen-bond donors (Lipinski definition) is 3. The molecule has 5 heteroatoms. The molecule has 0 heterocycles. The predicted molar refractivity (Wildman–Crippen MR) is 46.5 cm³/mol. The summed E-state index contributed by atoms with van der Waals surface area (Å²) in [5.74, 6) is 0. The van der Waals surface area contributed by atoms with E-state index in [1.54, 1.807) is 0 Å². The van der Waals surface area contributed by atoms with Crippen LogP contribution in [0.5, 0.6) is 0 Å². The first-order valence-corrected chi connectivity index (χ1v) is 3.56. The van der Waals surface area contributed by atoms with Gasteiger partial charge in [0, 0.05) is 0 Å².